The van der Waals surface area contributed by atoms with Gasteiger partial charge in [0.1, 0.15) is 6.54 Å². The molecule has 0 spiro atoms. The summed E-state index contributed by atoms with van der Waals surface area (Å²) in [6.07, 6.45) is 28.0. The molecule has 0 aliphatic heterocycles. The van der Waals surface area contributed by atoms with E-state index in [0.29, 0.717) is 0 Å². The Morgan fingerprint density at radius 2 is 1.09 bits per heavy atom. The Hall–Kier alpha value is -0.530. The second kappa shape index (κ2) is 19.9. The molecule has 1 aromatic carbocycles. The second-order valence-corrected chi connectivity index (χ2v) is 10.9. The monoisotopic (exact) mass is 552 g/mol. The molecule has 0 radical (unpaired) electrons. The molecule has 0 amide bonds. The third-order valence-electron chi connectivity index (χ3n) is 6.87. The van der Waals surface area contributed by atoms with E-state index < -0.39 is 0 Å². The van der Waals surface area contributed by atoms with Gasteiger partial charge < -0.3 is 0 Å². The van der Waals surface area contributed by atoms with Crippen molar-refractivity contribution in [2.75, 3.05) is 13.1 Å². The first-order valence-corrected chi connectivity index (χ1v) is 14.9. The van der Waals surface area contributed by atoms with E-state index in [-0.39, 0.29) is 4.05 Å². The van der Waals surface area contributed by atoms with Crippen molar-refractivity contribution in [1.82, 2.24) is 0 Å². The Bertz CT molecular complexity index is 556. The third kappa shape index (κ3) is 13.2. The topological polar surface area (TPSA) is 0 Å². The van der Waals surface area contributed by atoms with Crippen LogP contribution in [0.2, 0.25) is 0 Å². The van der Waals surface area contributed by atoms with Gasteiger partial charge in [-0.05, 0) is 31.6 Å². The summed E-state index contributed by atoms with van der Waals surface area (Å²) < 4.78 is 1.31. The van der Waals surface area contributed by atoms with Crippen molar-refractivity contribution in [3.63, 3.8) is 0 Å². The van der Waals surface area contributed by atoms with E-state index in [2.05, 4.69) is 72.7 Å². The van der Waals surface area contributed by atoms with E-state index in [0.717, 1.165) is 11.0 Å². The summed E-state index contributed by atoms with van der Waals surface area (Å²) in [6.45, 7) is 8.10. The average Bonchev–Trinajstić information content (AvgIpc) is 2.82. The maximum Gasteiger partial charge on any atom is 0.200 e. The zero-order chi connectivity index (χ0) is 23.3. The molecule has 0 bridgehead atoms. The van der Waals surface area contributed by atoms with Crippen LogP contribution >= 0.6 is 22.6 Å². The molecule has 1 aromatic rings. The van der Waals surface area contributed by atoms with Crippen molar-refractivity contribution >= 4 is 22.6 Å². The number of nitrogens with zero attached hydrogens (tertiary/aromatic N) is 1. The summed E-state index contributed by atoms with van der Waals surface area (Å²) >= 11 is 2.55. The highest BCUT2D eigenvalue weighted by Crippen LogP contribution is 2.27. The summed E-state index contributed by atoms with van der Waals surface area (Å²) in [4.78, 5) is 0. The van der Waals surface area contributed by atoms with Crippen LogP contribution in [0.15, 0.2) is 30.3 Å². The van der Waals surface area contributed by atoms with Gasteiger partial charge >= 0.3 is 0 Å². The molecule has 1 unspecified atom stereocenters. The summed E-state index contributed by atoms with van der Waals surface area (Å²) in [5, 5.41) is 0. The molecule has 0 aromatic heterocycles. The molecule has 182 valence electrons. The third-order valence-corrected chi connectivity index (χ3v) is 8.41. The van der Waals surface area contributed by atoms with E-state index in [9.17, 15) is 0 Å². The van der Waals surface area contributed by atoms with Crippen molar-refractivity contribution in [2.45, 2.75) is 127 Å². The number of hydrogen-bond donors (Lipinski definition) is 0. The number of terminal acetylenes is 1. The summed E-state index contributed by atoms with van der Waals surface area (Å²) in [7, 11) is 0. The number of halogens is 1. The molecule has 1 nitrogen and oxygen atoms in total. The van der Waals surface area contributed by atoms with Crippen LogP contribution in [0.1, 0.15) is 122 Å². The molecular weight excluding hydrogens is 501 g/mol. The molecule has 0 heterocycles. The van der Waals surface area contributed by atoms with Crippen molar-refractivity contribution in [2.24, 2.45) is 0 Å². The zero-order valence-electron chi connectivity index (χ0n) is 21.3. The molecule has 2 heteroatoms. The van der Waals surface area contributed by atoms with Gasteiger partial charge in [-0.3, -0.25) is 4.48 Å². The normalized spacial score (nSPS) is 12.6. The second-order valence-electron chi connectivity index (χ2n) is 9.76. The van der Waals surface area contributed by atoms with Gasteiger partial charge in [-0.2, -0.15) is 0 Å². The number of unbranched alkanes of at least 4 members (excludes halogenated alkanes) is 14. The highest BCUT2D eigenvalue weighted by Gasteiger charge is 2.33. The lowest BCUT2D eigenvalue weighted by molar-refractivity contribution is -0.940. The van der Waals surface area contributed by atoms with Crippen LogP contribution < -0.4 is 0 Å². The molecule has 1 atom stereocenters. The van der Waals surface area contributed by atoms with Crippen LogP contribution in [0, 0.1) is 12.3 Å². The highest BCUT2D eigenvalue weighted by atomic mass is 127. The van der Waals surface area contributed by atoms with E-state index in [4.69, 9.17) is 6.42 Å². The molecule has 1 rings (SSSR count). The largest absolute Gasteiger partial charge is 0.299 e. The van der Waals surface area contributed by atoms with E-state index in [1.54, 1.807) is 0 Å². The average molecular weight is 553 g/mol. The van der Waals surface area contributed by atoms with Crippen molar-refractivity contribution in [1.29, 1.82) is 0 Å². The van der Waals surface area contributed by atoms with Gasteiger partial charge in [0, 0.05) is 28.2 Å². The van der Waals surface area contributed by atoms with E-state index >= 15 is 0 Å². The van der Waals surface area contributed by atoms with Gasteiger partial charge in [-0.15, -0.1) is 6.42 Å². The first-order chi connectivity index (χ1) is 15.7. The highest BCUT2D eigenvalue weighted by molar-refractivity contribution is 14.1. The Balaban J connectivity index is 2.60. The van der Waals surface area contributed by atoms with Gasteiger partial charge in [-0.1, -0.05) is 121 Å². The number of rotatable bonds is 21. The smallest absolute Gasteiger partial charge is 0.200 e. The van der Waals surface area contributed by atoms with Crippen LogP contribution in [0.3, 0.4) is 0 Å². The van der Waals surface area contributed by atoms with Crippen molar-refractivity contribution in [3.8, 4) is 12.3 Å². The zero-order valence-corrected chi connectivity index (χ0v) is 23.5. The van der Waals surface area contributed by atoms with Gasteiger partial charge in [-0.25, -0.2) is 0 Å². The van der Waals surface area contributed by atoms with Crippen LogP contribution in [0.4, 0.5) is 0 Å². The van der Waals surface area contributed by atoms with Crippen LogP contribution in [-0.4, -0.2) is 21.6 Å². The number of quaternary nitrogens is 1. The summed E-state index contributed by atoms with van der Waals surface area (Å²) in [5.74, 6) is 3.14. The lowest BCUT2D eigenvalue weighted by Gasteiger charge is -2.41. The minimum absolute atomic E-state index is 0.252. The number of benzene rings is 1. The van der Waals surface area contributed by atoms with Crippen LogP contribution in [0.5, 0.6) is 0 Å². The van der Waals surface area contributed by atoms with Crippen LogP contribution in [0.25, 0.3) is 0 Å². The first-order valence-electron chi connectivity index (χ1n) is 13.7. The molecule has 0 aliphatic rings. The Labute approximate surface area is 214 Å². The number of hydrogen-bond acceptors (Lipinski definition) is 0. The molecule has 32 heavy (non-hydrogen) atoms. The Morgan fingerprint density at radius 3 is 1.50 bits per heavy atom. The van der Waals surface area contributed by atoms with Crippen molar-refractivity contribution < 1.29 is 4.48 Å². The maximum absolute atomic E-state index is 6.04. The fraction of sp³-hybridized carbons (Fsp3) is 0.733. The van der Waals surface area contributed by atoms with Gasteiger partial charge in [0.25, 0.3) is 0 Å². The predicted octanol–water partition coefficient (Wildman–Crippen LogP) is 9.68. The van der Waals surface area contributed by atoms with Crippen LogP contribution in [-0.2, 0) is 6.54 Å². The molecule has 0 N–H and O–H groups in total. The lowest BCUT2D eigenvalue weighted by Crippen LogP contribution is -2.53. The summed E-state index contributed by atoms with van der Waals surface area (Å²) in [5.41, 5.74) is 1.43. The van der Waals surface area contributed by atoms with E-state index in [1.807, 2.05) is 0 Å². The van der Waals surface area contributed by atoms with E-state index in [1.165, 1.54) is 121 Å². The fourth-order valence-electron chi connectivity index (χ4n) is 4.80. The fourth-order valence-corrected chi connectivity index (χ4v) is 5.56. The first kappa shape index (κ1) is 29.5. The quantitative estimate of drug-likeness (QED) is 0.0356. The molecule has 0 saturated carbocycles. The molecular formula is C30H51IN+. The Kier molecular flexibility index (Phi) is 18.3. The van der Waals surface area contributed by atoms with Gasteiger partial charge in [0.2, 0.25) is 4.05 Å². The minimum Gasteiger partial charge on any atom is -0.299 e. The Morgan fingerprint density at radius 1 is 0.688 bits per heavy atom. The molecule has 0 aliphatic carbocycles. The molecule has 0 saturated heterocycles. The lowest BCUT2D eigenvalue weighted by atomic mass is 10.1. The van der Waals surface area contributed by atoms with Crippen molar-refractivity contribution in [3.05, 3.63) is 35.9 Å². The van der Waals surface area contributed by atoms with Gasteiger partial charge in [0.15, 0.2) is 0 Å². The summed E-state index contributed by atoms with van der Waals surface area (Å²) in [6, 6.07) is 11.0. The predicted molar refractivity (Wildman–Crippen MR) is 152 cm³/mol. The standard InChI is InChI=1S/C30H51IN/c1-4-7-9-11-13-15-17-22-26-32(30(31)6-3,28-29-24-20-19-21-25-29)27-23-18-16-14-12-10-8-5-2/h3,19-21,24-25,30H,4-5,7-18,22-23,26-28H2,1-2H3/q+1. The maximum atomic E-state index is 6.04. The minimum atomic E-state index is 0.252. The SMILES string of the molecule is C#CC(I)[N+](CCCCCCCCCC)(CCCCCCCCCC)Cc1ccccc1. The molecule has 0 fully saturated rings. The van der Waals surface area contributed by atoms with Gasteiger partial charge in [0.05, 0.1) is 13.1 Å². The number of alkyl halides is 1.